The Morgan fingerprint density at radius 1 is 1.18 bits per heavy atom. The molecule has 0 aromatic rings. The number of hydrogen-bond donors (Lipinski definition) is 0. The van der Waals surface area contributed by atoms with E-state index in [1.54, 1.807) is 0 Å². The number of hydrogen-bond acceptors (Lipinski definition) is 0. The smallest absolute Gasteiger partial charge is 0.0666 e. The van der Waals surface area contributed by atoms with Crippen molar-refractivity contribution in [3.63, 3.8) is 0 Å². The first-order chi connectivity index (χ1) is 7.79. The maximum atomic E-state index is 2.76. The van der Waals surface area contributed by atoms with Gasteiger partial charge in [0.25, 0.3) is 0 Å². The summed E-state index contributed by atoms with van der Waals surface area (Å²) in [7, 11) is 0. The molecule has 1 atom stereocenters. The first-order valence-corrected chi connectivity index (χ1v) is 9.33. The molecular formula is C15H28I2. The van der Waals surface area contributed by atoms with Gasteiger partial charge in [-0.25, -0.2) is 0 Å². The first kappa shape index (κ1) is 16.5. The van der Waals surface area contributed by atoms with Crippen molar-refractivity contribution < 1.29 is 0 Å². The normalized spacial score (nSPS) is 20.8. The van der Waals surface area contributed by atoms with Crippen LogP contribution < -0.4 is 0 Å². The average Bonchev–Trinajstić information content (AvgIpc) is 2.69. The third kappa shape index (κ3) is 4.81. The monoisotopic (exact) mass is 462 g/mol. The highest BCUT2D eigenvalue weighted by molar-refractivity contribution is 14.2. The summed E-state index contributed by atoms with van der Waals surface area (Å²) in [5.41, 5.74) is 0.522. The minimum absolute atomic E-state index is 0.483. The lowest BCUT2D eigenvalue weighted by Gasteiger charge is -2.38. The third-order valence-electron chi connectivity index (χ3n) is 4.34. The lowest BCUT2D eigenvalue weighted by molar-refractivity contribution is 0.235. The van der Waals surface area contributed by atoms with Gasteiger partial charge in [0.1, 0.15) is 0 Å². The summed E-state index contributed by atoms with van der Waals surface area (Å²) in [6.07, 6.45) is 9.91. The summed E-state index contributed by atoms with van der Waals surface area (Å²) in [6.45, 7) is 9.69. The van der Waals surface area contributed by atoms with Gasteiger partial charge < -0.3 is 0 Å². The highest BCUT2D eigenvalue weighted by Gasteiger charge is 2.41. The molecular weight excluding hydrogens is 434 g/mol. The van der Waals surface area contributed by atoms with Crippen LogP contribution in [0.5, 0.6) is 0 Å². The molecule has 1 aliphatic carbocycles. The highest BCUT2D eigenvalue weighted by Crippen LogP contribution is 2.52. The Morgan fingerprint density at radius 3 is 2.18 bits per heavy atom. The van der Waals surface area contributed by atoms with Crippen LogP contribution in [-0.2, 0) is 0 Å². The molecule has 0 aromatic heterocycles. The zero-order valence-electron chi connectivity index (χ0n) is 11.9. The van der Waals surface area contributed by atoms with Gasteiger partial charge in [-0.15, -0.1) is 0 Å². The highest BCUT2D eigenvalue weighted by atomic mass is 127. The average molecular weight is 462 g/mol. The Morgan fingerprint density at radius 2 is 1.71 bits per heavy atom. The molecule has 0 saturated heterocycles. The first-order valence-electron chi connectivity index (χ1n) is 7.17. The van der Waals surface area contributed by atoms with E-state index in [0.29, 0.717) is 6.84 Å². The maximum absolute atomic E-state index is 2.76. The SMILES string of the molecule is CCCC(C)(C)CC(C)C(I)(I)C1CCCC1. The van der Waals surface area contributed by atoms with Gasteiger partial charge in [0.15, 0.2) is 0 Å². The summed E-state index contributed by atoms with van der Waals surface area (Å²) in [6, 6.07) is 0. The fourth-order valence-corrected chi connectivity index (χ4v) is 5.14. The van der Waals surface area contributed by atoms with Crippen LogP contribution in [0, 0.1) is 17.3 Å². The number of halogens is 2. The summed E-state index contributed by atoms with van der Waals surface area (Å²) in [4.78, 5) is 0. The van der Waals surface area contributed by atoms with Gasteiger partial charge in [0.2, 0.25) is 0 Å². The molecule has 102 valence electrons. The Labute approximate surface area is 135 Å². The van der Waals surface area contributed by atoms with Gasteiger partial charge in [-0.2, -0.15) is 0 Å². The Hall–Kier alpha value is 1.46. The number of rotatable bonds is 6. The van der Waals surface area contributed by atoms with Gasteiger partial charge in [0, 0.05) is 0 Å². The van der Waals surface area contributed by atoms with Crippen molar-refractivity contribution in [3.8, 4) is 0 Å². The lowest BCUT2D eigenvalue weighted by atomic mass is 9.77. The quantitative estimate of drug-likeness (QED) is 0.309. The second-order valence-electron chi connectivity index (χ2n) is 6.68. The Kier molecular flexibility index (Phi) is 6.56. The molecule has 1 aliphatic rings. The van der Waals surface area contributed by atoms with E-state index < -0.39 is 0 Å². The van der Waals surface area contributed by atoms with Crippen LogP contribution in [0.4, 0.5) is 0 Å². The molecule has 1 rings (SSSR count). The van der Waals surface area contributed by atoms with Crippen LogP contribution in [-0.4, -0.2) is 1.43 Å². The van der Waals surface area contributed by atoms with Crippen molar-refractivity contribution in [2.45, 2.75) is 74.1 Å². The summed E-state index contributed by atoms with van der Waals surface area (Å²) >= 11 is 5.52. The summed E-state index contributed by atoms with van der Waals surface area (Å²) in [5, 5.41) is 0. The second kappa shape index (κ2) is 6.76. The molecule has 1 unspecified atom stereocenters. The predicted octanol–water partition coefficient (Wildman–Crippen LogP) is 6.60. The molecule has 1 saturated carbocycles. The van der Waals surface area contributed by atoms with Gasteiger partial charge in [0.05, 0.1) is 1.43 Å². The molecule has 17 heavy (non-hydrogen) atoms. The molecule has 1 fully saturated rings. The van der Waals surface area contributed by atoms with E-state index in [1.807, 2.05) is 0 Å². The van der Waals surface area contributed by atoms with Crippen molar-refractivity contribution in [1.29, 1.82) is 0 Å². The van der Waals surface area contributed by atoms with E-state index in [4.69, 9.17) is 0 Å². The van der Waals surface area contributed by atoms with Crippen LogP contribution in [0.2, 0.25) is 0 Å². The molecule has 0 amide bonds. The van der Waals surface area contributed by atoms with E-state index in [2.05, 4.69) is 72.9 Å². The topological polar surface area (TPSA) is 0 Å². The number of alkyl halides is 2. The van der Waals surface area contributed by atoms with E-state index >= 15 is 0 Å². The van der Waals surface area contributed by atoms with Crippen molar-refractivity contribution >= 4 is 45.2 Å². The largest absolute Gasteiger partial charge is 0.0788 e. The molecule has 0 spiro atoms. The van der Waals surface area contributed by atoms with Crippen LogP contribution in [0.3, 0.4) is 0 Å². The van der Waals surface area contributed by atoms with Gasteiger partial charge in [-0.3, -0.25) is 0 Å². The molecule has 0 radical (unpaired) electrons. The standard InChI is InChI=1S/C15H28I2/c1-5-10-14(3,4)11-12(2)15(16,17)13-8-6-7-9-13/h12-13H,5-11H2,1-4H3. The van der Waals surface area contributed by atoms with Crippen molar-refractivity contribution in [2.24, 2.45) is 17.3 Å². The molecule has 0 aliphatic heterocycles. The third-order valence-corrected chi connectivity index (χ3v) is 8.23. The molecule has 0 bridgehead atoms. The van der Waals surface area contributed by atoms with Gasteiger partial charge in [-0.05, 0) is 42.9 Å². The van der Waals surface area contributed by atoms with E-state index in [9.17, 15) is 0 Å². The van der Waals surface area contributed by atoms with Gasteiger partial charge >= 0.3 is 0 Å². The molecule has 0 aromatic carbocycles. The second-order valence-corrected chi connectivity index (χ2v) is 12.3. The fourth-order valence-electron chi connectivity index (χ4n) is 3.46. The van der Waals surface area contributed by atoms with E-state index in [-0.39, 0.29) is 0 Å². The molecule has 2 heteroatoms. The molecule has 0 nitrogen and oxygen atoms in total. The Balaban J connectivity index is 2.58. The van der Waals surface area contributed by atoms with Crippen LogP contribution in [0.25, 0.3) is 0 Å². The van der Waals surface area contributed by atoms with E-state index in [0.717, 1.165) is 11.8 Å². The van der Waals surface area contributed by atoms with Crippen molar-refractivity contribution in [1.82, 2.24) is 0 Å². The summed E-state index contributed by atoms with van der Waals surface area (Å²) < 4.78 is 0.483. The predicted molar refractivity (Wildman–Crippen MR) is 95.2 cm³/mol. The lowest BCUT2D eigenvalue weighted by Crippen LogP contribution is -2.33. The van der Waals surface area contributed by atoms with Crippen LogP contribution in [0.1, 0.15) is 72.6 Å². The fraction of sp³-hybridized carbons (Fsp3) is 1.00. The summed E-state index contributed by atoms with van der Waals surface area (Å²) in [5.74, 6) is 1.78. The van der Waals surface area contributed by atoms with Crippen LogP contribution >= 0.6 is 45.2 Å². The van der Waals surface area contributed by atoms with Crippen molar-refractivity contribution in [3.05, 3.63) is 0 Å². The van der Waals surface area contributed by atoms with E-state index in [1.165, 1.54) is 44.9 Å². The maximum Gasteiger partial charge on any atom is 0.0788 e. The minimum Gasteiger partial charge on any atom is -0.0666 e. The van der Waals surface area contributed by atoms with Crippen LogP contribution in [0.15, 0.2) is 0 Å². The minimum atomic E-state index is 0.483. The zero-order valence-corrected chi connectivity index (χ0v) is 16.2. The Bertz CT molecular complexity index is 227. The molecule has 0 N–H and O–H groups in total. The molecule has 0 heterocycles. The zero-order chi connectivity index (χ0) is 13.1. The van der Waals surface area contributed by atoms with Gasteiger partial charge in [-0.1, -0.05) is 92.1 Å². The van der Waals surface area contributed by atoms with Crippen molar-refractivity contribution in [2.75, 3.05) is 0 Å².